The highest BCUT2D eigenvalue weighted by Gasteiger charge is 1.71. The van der Waals surface area contributed by atoms with Crippen molar-refractivity contribution >= 4 is 8.58 Å². The van der Waals surface area contributed by atoms with E-state index >= 15 is 0 Å². The van der Waals surface area contributed by atoms with Crippen LogP contribution < -0.4 is 0 Å². The summed E-state index contributed by atoms with van der Waals surface area (Å²) >= 11 is 0. The Labute approximate surface area is 41.4 Å². The van der Waals surface area contributed by atoms with Crippen LogP contribution in [0, 0.1) is 0 Å². The van der Waals surface area contributed by atoms with E-state index in [1.807, 2.05) is 0 Å². The Balaban J connectivity index is 2.66. The molecule has 36 valence electrons. The van der Waals surface area contributed by atoms with E-state index in [9.17, 15) is 0 Å². The number of rotatable bonds is 2. The van der Waals surface area contributed by atoms with Gasteiger partial charge < -0.3 is 0 Å². The van der Waals surface area contributed by atoms with E-state index in [1.54, 1.807) is 0 Å². The third kappa shape index (κ3) is 4.17. The quantitative estimate of drug-likeness (QED) is 0.368. The van der Waals surface area contributed by atoms with Crippen molar-refractivity contribution < 1.29 is 0 Å². The predicted molar refractivity (Wildman–Crippen MR) is 35.3 cm³/mol. The van der Waals surface area contributed by atoms with Crippen LogP contribution in [0.4, 0.5) is 0 Å². The molecule has 0 aliphatic carbocycles. The summed E-state index contributed by atoms with van der Waals surface area (Å²) in [6.07, 6.45) is 5.64. The summed E-state index contributed by atoms with van der Waals surface area (Å²) < 4.78 is 0. The molecule has 0 rings (SSSR count). The van der Waals surface area contributed by atoms with Gasteiger partial charge in [-0.15, -0.1) is 0 Å². The maximum atomic E-state index is 2.26. The third-order valence-corrected chi connectivity index (χ3v) is 1.35. The Kier molecular flexibility index (Phi) is 5.32. The van der Waals surface area contributed by atoms with Crippen molar-refractivity contribution in [2.75, 3.05) is 12.8 Å². The number of hydrogen-bond acceptors (Lipinski definition) is 0. The molecule has 1 atom stereocenters. The molecule has 1 heteroatoms. The van der Waals surface area contributed by atoms with E-state index in [1.165, 1.54) is 6.16 Å². The van der Waals surface area contributed by atoms with Gasteiger partial charge in [0.05, 0.1) is 6.16 Å². The largest absolute Gasteiger partial charge is 0.0881 e. The standard InChI is InChI=1S/C5H11P/c1-3-4-5-6-2/h3-4,6H,5H2,1-2H3/p+1/b4-3+. The molecule has 0 bridgehead atoms. The molecule has 0 amide bonds. The fraction of sp³-hybridized carbons (Fsp3) is 0.600. The summed E-state index contributed by atoms with van der Waals surface area (Å²) in [7, 11) is 0.697. The molecule has 0 aliphatic heterocycles. The predicted octanol–water partition coefficient (Wildman–Crippen LogP) is 1.60. The smallest absolute Gasteiger partial charge is 0.0725 e. The Bertz CT molecular complexity index is 39.2. The summed E-state index contributed by atoms with van der Waals surface area (Å²) in [5, 5.41) is 0. The normalized spacial score (nSPS) is 12.3. The molecule has 0 fully saturated rings. The monoisotopic (exact) mass is 103 g/mol. The SMILES string of the molecule is C/C=C/C[PH2+]C. The lowest BCUT2D eigenvalue weighted by Crippen LogP contribution is -1.57. The second-order valence-corrected chi connectivity index (χ2v) is 2.50. The lowest BCUT2D eigenvalue weighted by molar-refractivity contribution is 1.65. The Hall–Kier alpha value is 0.170. The van der Waals surface area contributed by atoms with Crippen molar-refractivity contribution in [2.45, 2.75) is 6.92 Å². The fourth-order valence-electron chi connectivity index (χ4n) is 0.272. The van der Waals surface area contributed by atoms with Crippen LogP contribution in [-0.2, 0) is 0 Å². The molecule has 0 nitrogen and oxygen atoms in total. The minimum atomic E-state index is 0.697. The summed E-state index contributed by atoms with van der Waals surface area (Å²) in [6, 6.07) is 0. The Morgan fingerprint density at radius 2 is 2.33 bits per heavy atom. The molecule has 0 saturated heterocycles. The van der Waals surface area contributed by atoms with Crippen molar-refractivity contribution in [3.63, 3.8) is 0 Å². The maximum absolute atomic E-state index is 2.26. The van der Waals surface area contributed by atoms with Gasteiger partial charge in [0.15, 0.2) is 0 Å². The molecule has 0 saturated carbocycles. The second kappa shape index (κ2) is 5.17. The Morgan fingerprint density at radius 3 is 2.50 bits per heavy atom. The lowest BCUT2D eigenvalue weighted by Gasteiger charge is -1.70. The van der Waals surface area contributed by atoms with Crippen LogP contribution in [0.15, 0.2) is 12.2 Å². The van der Waals surface area contributed by atoms with Crippen LogP contribution in [-0.4, -0.2) is 12.8 Å². The topological polar surface area (TPSA) is 0 Å². The summed E-state index contributed by atoms with van der Waals surface area (Å²) in [6.45, 7) is 4.33. The van der Waals surface area contributed by atoms with Crippen LogP contribution >= 0.6 is 8.58 Å². The highest BCUT2D eigenvalue weighted by Crippen LogP contribution is 1.99. The van der Waals surface area contributed by atoms with Crippen molar-refractivity contribution in [3.05, 3.63) is 12.2 Å². The van der Waals surface area contributed by atoms with Crippen molar-refractivity contribution in [3.8, 4) is 0 Å². The van der Waals surface area contributed by atoms with Gasteiger partial charge in [-0.05, 0) is 15.5 Å². The van der Waals surface area contributed by atoms with Gasteiger partial charge in [-0.2, -0.15) is 0 Å². The van der Waals surface area contributed by atoms with Gasteiger partial charge in [0, 0.05) is 6.66 Å². The van der Waals surface area contributed by atoms with Crippen LogP contribution in [0.5, 0.6) is 0 Å². The van der Waals surface area contributed by atoms with Gasteiger partial charge in [0.1, 0.15) is 0 Å². The minimum absolute atomic E-state index is 0.697. The zero-order valence-electron chi connectivity index (χ0n) is 4.44. The van der Waals surface area contributed by atoms with Gasteiger partial charge in [-0.25, -0.2) is 0 Å². The second-order valence-electron chi connectivity index (χ2n) is 1.21. The van der Waals surface area contributed by atoms with Crippen molar-refractivity contribution in [1.29, 1.82) is 0 Å². The molecule has 0 aliphatic rings. The molecular weight excluding hydrogens is 91.0 g/mol. The first-order valence-corrected chi connectivity index (χ1v) is 4.28. The molecule has 1 unspecified atom stereocenters. The molecule has 0 aromatic carbocycles. The first kappa shape index (κ1) is 6.17. The third-order valence-electron chi connectivity index (χ3n) is 0.607. The zero-order chi connectivity index (χ0) is 4.83. The lowest BCUT2D eigenvalue weighted by atomic mass is 10.6. The molecular formula is C5H12P+. The zero-order valence-corrected chi connectivity index (χ0v) is 5.59. The van der Waals surface area contributed by atoms with Gasteiger partial charge >= 0.3 is 0 Å². The molecule has 0 aromatic heterocycles. The summed E-state index contributed by atoms with van der Waals surface area (Å²) in [5.41, 5.74) is 0. The van der Waals surface area contributed by atoms with Gasteiger partial charge in [-0.3, -0.25) is 0 Å². The molecule has 6 heavy (non-hydrogen) atoms. The average molecular weight is 103 g/mol. The van der Waals surface area contributed by atoms with E-state index in [0.29, 0.717) is 8.58 Å². The number of allylic oxidation sites excluding steroid dienone is 2. The van der Waals surface area contributed by atoms with Crippen LogP contribution in [0.1, 0.15) is 6.92 Å². The van der Waals surface area contributed by atoms with E-state index in [2.05, 4.69) is 25.7 Å². The number of hydrogen-bond donors (Lipinski definition) is 0. The first-order valence-electron chi connectivity index (χ1n) is 2.30. The van der Waals surface area contributed by atoms with Crippen LogP contribution in [0.25, 0.3) is 0 Å². The van der Waals surface area contributed by atoms with E-state index in [-0.39, 0.29) is 0 Å². The van der Waals surface area contributed by atoms with Crippen LogP contribution in [0.2, 0.25) is 0 Å². The molecule has 0 N–H and O–H groups in total. The molecule has 0 spiro atoms. The van der Waals surface area contributed by atoms with Gasteiger partial charge in [0.25, 0.3) is 0 Å². The average Bonchev–Trinajstić information content (AvgIpc) is 1.61. The fourth-order valence-corrected chi connectivity index (χ4v) is 0.816. The van der Waals surface area contributed by atoms with Gasteiger partial charge in [-0.1, -0.05) is 12.2 Å². The molecule has 0 radical (unpaired) electrons. The van der Waals surface area contributed by atoms with E-state index in [4.69, 9.17) is 0 Å². The Morgan fingerprint density at radius 1 is 1.67 bits per heavy atom. The van der Waals surface area contributed by atoms with Crippen molar-refractivity contribution in [2.24, 2.45) is 0 Å². The van der Waals surface area contributed by atoms with E-state index < -0.39 is 0 Å². The molecule has 0 heterocycles. The highest BCUT2D eigenvalue weighted by molar-refractivity contribution is 7.37. The van der Waals surface area contributed by atoms with Crippen LogP contribution in [0.3, 0.4) is 0 Å². The summed E-state index contributed by atoms with van der Waals surface area (Å²) in [4.78, 5) is 0. The maximum Gasteiger partial charge on any atom is 0.0725 e. The first-order chi connectivity index (χ1) is 2.91. The highest BCUT2D eigenvalue weighted by atomic mass is 31.1. The minimum Gasteiger partial charge on any atom is -0.0881 e. The summed E-state index contributed by atoms with van der Waals surface area (Å²) in [5.74, 6) is 0. The van der Waals surface area contributed by atoms with Crippen molar-refractivity contribution in [1.82, 2.24) is 0 Å². The molecule has 0 aromatic rings. The van der Waals surface area contributed by atoms with Gasteiger partial charge in [0.2, 0.25) is 0 Å². The van der Waals surface area contributed by atoms with E-state index in [0.717, 1.165) is 0 Å².